The van der Waals surface area contributed by atoms with E-state index in [1.165, 1.54) is 0 Å². The van der Waals surface area contributed by atoms with Gasteiger partial charge < -0.3 is 0 Å². The van der Waals surface area contributed by atoms with Gasteiger partial charge in [0.1, 0.15) is 11.1 Å². The Hall–Kier alpha value is -1.08. The number of hydrogen-bond acceptors (Lipinski definition) is 4. The van der Waals surface area contributed by atoms with Crippen LogP contribution in [0.3, 0.4) is 0 Å². The molecular formula is C10H13N3S. The SMILES string of the molecule is CC(C)C(C)Sc1ccc(C#N)nn1. The molecule has 1 heterocycles. The van der Waals surface area contributed by atoms with Crippen molar-refractivity contribution in [3.05, 3.63) is 17.8 Å². The molecular weight excluding hydrogens is 194 g/mol. The first-order valence-corrected chi connectivity index (χ1v) is 5.42. The Kier molecular flexibility index (Phi) is 3.90. The largest absolute Gasteiger partial charge is 0.191 e. The Bertz CT molecular complexity index is 326. The summed E-state index contributed by atoms with van der Waals surface area (Å²) in [7, 11) is 0. The van der Waals surface area contributed by atoms with Gasteiger partial charge in [0.15, 0.2) is 5.69 Å². The zero-order valence-electron chi connectivity index (χ0n) is 8.56. The fourth-order valence-electron chi connectivity index (χ4n) is 0.769. The van der Waals surface area contributed by atoms with Crippen LogP contribution >= 0.6 is 11.8 Å². The molecule has 1 rings (SSSR count). The Morgan fingerprint density at radius 1 is 1.29 bits per heavy atom. The van der Waals surface area contributed by atoms with Gasteiger partial charge in [0.25, 0.3) is 0 Å². The quantitative estimate of drug-likeness (QED) is 0.714. The normalized spacial score (nSPS) is 12.5. The minimum Gasteiger partial charge on any atom is -0.191 e. The summed E-state index contributed by atoms with van der Waals surface area (Å²) in [6, 6.07) is 5.49. The van der Waals surface area contributed by atoms with Gasteiger partial charge in [0.05, 0.1) is 0 Å². The second-order valence-electron chi connectivity index (χ2n) is 3.44. The third-order valence-electron chi connectivity index (χ3n) is 2.00. The first-order valence-electron chi connectivity index (χ1n) is 4.54. The van der Waals surface area contributed by atoms with E-state index in [4.69, 9.17) is 5.26 Å². The van der Waals surface area contributed by atoms with Gasteiger partial charge in [0.2, 0.25) is 0 Å². The van der Waals surface area contributed by atoms with Gasteiger partial charge in [0, 0.05) is 5.25 Å². The lowest BCUT2D eigenvalue weighted by Crippen LogP contribution is -2.06. The van der Waals surface area contributed by atoms with Crippen LogP contribution in [0.25, 0.3) is 0 Å². The molecule has 0 amide bonds. The highest BCUT2D eigenvalue weighted by atomic mass is 32.2. The lowest BCUT2D eigenvalue weighted by atomic mass is 10.2. The molecule has 0 aromatic carbocycles. The average molecular weight is 207 g/mol. The Labute approximate surface area is 88.5 Å². The summed E-state index contributed by atoms with van der Waals surface area (Å²) in [5.74, 6) is 0.609. The number of hydrogen-bond donors (Lipinski definition) is 0. The van der Waals surface area contributed by atoms with Crippen molar-refractivity contribution >= 4 is 11.8 Å². The smallest absolute Gasteiger partial charge is 0.163 e. The molecule has 0 aliphatic heterocycles. The highest BCUT2D eigenvalue weighted by Crippen LogP contribution is 2.25. The monoisotopic (exact) mass is 207 g/mol. The van der Waals surface area contributed by atoms with Crippen LogP contribution in [-0.4, -0.2) is 15.4 Å². The van der Waals surface area contributed by atoms with Gasteiger partial charge in [-0.3, -0.25) is 0 Å². The lowest BCUT2D eigenvalue weighted by molar-refractivity contribution is 0.641. The van der Waals surface area contributed by atoms with E-state index in [0.29, 0.717) is 16.9 Å². The molecule has 0 bridgehead atoms. The van der Waals surface area contributed by atoms with Crippen molar-refractivity contribution in [1.29, 1.82) is 5.26 Å². The first kappa shape index (κ1) is 11.0. The number of nitriles is 1. The number of thioether (sulfide) groups is 1. The molecule has 0 N–H and O–H groups in total. The molecule has 0 saturated heterocycles. The minimum absolute atomic E-state index is 0.367. The lowest BCUT2D eigenvalue weighted by Gasteiger charge is -2.13. The predicted octanol–water partition coefficient (Wildman–Crippen LogP) is 2.48. The maximum atomic E-state index is 8.54. The number of aromatic nitrogens is 2. The summed E-state index contributed by atoms with van der Waals surface area (Å²) in [6.07, 6.45) is 0. The Balaban J connectivity index is 2.65. The molecule has 1 unspecified atom stereocenters. The van der Waals surface area contributed by atoms with E-state index >= 15 is 0 Å². The maximum Gasteiger partial charge on any atom is 0.163 e. The molecule has 14 heavy (non-hydrogen) atoms. The van der Waals surface area contributed by atoms with Crippen molar-refractivity contribution < 1.29 is 0 Å². The predicted molar refractivity (Wildman–Crippen MR) is 56.9 cm³/mol. The van der Waals surface area contributed by atoms with Crippen LogP contribution in [0.4, 0.5) is 0 Å². The summed E-state index contributed by atoms with van der Waals surface area (Å²) in [5, 5.41) is 17.7. The van der Waals surface area contributed by atoms with Crippen molar-refractivity contribution in [3.8, 4) is 6.07 Å². The van der Waals surface area contributed by atoms with E-state index in [1.807, 2.05) is 12.1 Å². The summed E-state index contributed by atoms with van der Waals surface area (Å²) >= 11 is 1.69. The summed E-state index contributed by atoms with van der Waals surface area (Å²) < 4.78 is 0. The minimum atomic E-state index is 0.367. The molecule has 0 radical (unpaired) electrons. The molecule has 1 aromatic heterocycles. The van der Waals surface area contributed by atoms with E-state index in [9.17, 15) is 0 Å². The molecule has 0 spiro atoms. The van der Waals surface area contributed by atoms with Crippen molar-refractivity contribution in [2.45, 2.75) is 31.0 Å². The molecule has 3 nitrogen and oxygen atoms in total. The summed E-state index contributed by atoms with van der Waals surface area (Å²) in [6.45, 7) is 6.51. The van der Waals surface area contributed by atoms with Crippen molar-refractivity contribution in [3.63, 3.8) is 0 Å². The molecule has 4 heteroatoms. The average Bonchev–Trinajstić information content (AvgIpc) is 2.19. The fourth-order valence-corrected chi connectivity index (χ4v) is 1.66. The second-order valence-corrected chi connectivity index (χ2v) is 4.83. The molecule has 0 aliphatic rings. The van der Waals surface area contributed by atoms with Crippen molar-refractivity contribution in [1.82, 2.24) is 10.2 Å². The molecule has 1 aromatic rings. The fraction of sp³-hybridized carbons (Fsp3) is 0.500. The number of rotatable bonds is 3. The van der Waals surface area contributed by atoms with Gasteiger partial charge in [-0.05, 0) is 18.1 Å². The highest BCUT2D eigenvalue weighted by molar-refractivity contribution is 7.99. The highest BCUT2D eigenvalue weighted by Gasteiger charge is 2.09. The number of nitrogens with zero attached hydrogens (tertiary/aromatic N) is 3. The standard InChI is InChI=1S/C10H13N3S/c1-7(2)8(3)14-10-5-4-9(6-11)12-13-10/h4-5,7-8H,1-3H3. The second kappa shape index (κ2) is 4.97. The zero-order valence-corrected chi connectivity index (χ0v) is 9.38. The van der Waals surface area contributed by atoms with Crippen molar-refractivity contribution in [2.24, 2.45) is 5.92 Å². The van der Waals surface area contributed by atoms with Crippen LogP contribution in [0, 0.1) is 17.2 Å². The topological polar surface area (TPSA) is 49.6 Å². The van der Waals surface area contributed by atoms with Crippen LogP contribution in [0.1, 0.15) is 26.5 Å². The maximum absolute atomic E-state index is 8.54. The van der Waals surface area contributed by atoms with Crippen LogP contribution < -0.4 is 0 Å². The van der Waals surface area contributed by atoms with Gasteiger partial charge in [-0.25, -0.2) is 0 Å². The molecule has 0 fully saturated rings. The van der Waals surface area contributed by atoms with E-state index in [-0.39, 0.29) is 0 Å². The van der Waals surface area contributed by atoms with E-state index in [2.05, 4.69) is 31.0 Å². The van der Waals surface area contributed by atoms with Gasteiger partial charge in [-0.2, -0.15) is 5.26 Å². The zero-order chi connectivity index (χ0) is 10.6. The van der Waals surface area contributed by atoms with Gasteiger partial charge in [-0.15, -0.1) is 22.0 Å². The molecule has 0 saturated carbocycles. The molecule has 0 aliphatic carbocycles. The van der Waals surface area contributed by atoms with E-state index in [0.717, 1.165) is 5.03 Å². The van der Waals surface area contributed by atoms with Crippen LogP contribution in [-0.2, 0) is 0 Å². The van der Waals surface area contributed by atoms with Crippen LogP contribution in [0.5, 0.6) is 0 Å². The summed E-state index contributed by atoms with van der Waals surface area (Å²) in [5.41, 5.74) is 0.367. The summed E-state index contributed by atoms with van der Waals surface area (Å²) in [4.78, 5) is 0. The van der Waals surface area contributed by atoms with Gasteiger partial charge >= 0.3 is 0 Å². The van der Waals surface area contributed by atoms with Crippen LogP contribution in [0.15, 0.2) is 17.2 Å². The third-order valence-corrected chi connectivity index (χ3v) is 3.38. The van der Waals surface area contributed by atoms with Crippen LogP contribution in [0.2, 0.25) is 0 Å². The van der Waals surface area contributed by atoms with E-state index in [1.54, 1.807) is 17.8 Å². The van der Waals surface area contributed by atoms with Gasteiger partial charge in [-0.1, -0.05) is 20.8 Å². The van der Waals surface area contributed by atoms with Crippen molar-refractivity contribution in [2.75, 3.05) is 0 Å². The molecule has 1 atom stereocenters. The van der Waals surface area contributed by atoms with E-state index < -0.39 is 0 Å². The molecule has 74 valence electrons. The third kappa shape index (κ3) is 3.00. The Morgan fingerprint density at radius 3 is 2.43 bits per heavy atom. The first-order chi connectivity index (χ1) is 6.63. The Morgan fingerprint density at radius 2 is 2.00 bits per heavy atom.